The van der Waals surface area contributed by atoms with Crippen molar-refractivity contribution >= 4 is 29.3 Å². The lowest BCUT2D eigenvalue weighted by Crippen LogP contribution is -2.50. The molecule has 3 aromatic rings. The van der Waals surface area contributed by atoms with Gasteiger partial charge in [0.1, 0.15) is 0 Å². The second-order valence-corrected chi connectivity index (χ2v) is 9.50. The number of hydrogen-bond acceptors (Lipinski definition) is 3. The smallest absolute Gasteiger partial charge is 0.268 e. The van der Waals surface area contributed by atoms with Gasteiger partial charge in [-0.25, -0.2) is 0 Å². The fraction of sp³-hybridized carbons (Fsp3) is 0.231. The van der Waals surface area contributed by atoms with E-state index in [-0.39, 0.29) is 11.8 Å². The molecule has 4 nitrogen and oxygen atoms in total. The standard InChI is InChI=1S/C26H24N2O2S/c1-18-7-11-20(12-8-18)17-27-23-6-4-3-5-22(23)26(25(27)30)28(15-16-31-26)24(29)21-13-9-19(2)10-14-21/h3-14H,15-17H2,1-2H3/t26-/m1/s1. The van der Waals surface area contributed by atoms with Gasteiger partial charge in [0.05, 0.1) is 12.2 Å². The third-order valence-electron chi connectivity index (χ3n) is 6.11. The van der Waals surface area contributed by atoms with Gasteiger partial charge in [0, 0.05) is 23.4 Å². The topological polar surface area (TPSA) is 40.6 Å². The maximum absolute atomic E-state index is 14.0. The number of aryl methyl sites for hydroxylation is 2. The number of anilines is 1. The summed E-state index contributed by atoms with van der Waals surface area (Å²) >= 11 is 1.57. The molecule has 1 saturated heterocycles. The molecular weight excluding hydrogens is 404 g/mol. The van der Waals surface area contributed by atoms with Crippen LogP contribution in [0.3, 0.4) is 0 Å². The molecule has 156 valence electrons. The zero-order valence-corrected chi connectivity index (χ0v) is 18.5. The van der Waals surface area contributed by atoms with E-state index in [1.807, 2.05) is 60.4 Å². The van der Waals surface area contributed by atoms with E-state index in [1.54, 1.807) is 16.7 Å². The quantitative estimate of drug-likeness (QED) is 0.596. The van der Waals surface area contributed by atoms with Crippen molar-refractivity contribution in [3.05, 3.63) is 101 Å². The van der Waals surface area contributed by atoms with E-state index >= 15 is 0 Å². The number of hydrogen-bond donors (Lipinski definition) is 0. The highest BCUT2D eigenvalue weighted by molar-refractivity contribution is 8.01. The van der Waals surface area contributed by atoms with Gasteiger partial charge in [0.2, 0.25) is 0 Å². The molecule has 1 atom stereocenters. The van der Waals surface area contributed by atoms with Crippen LogP contribution < -0.4 is 4.90 Å². The summed E-state index contributed by atoms with van der Waals surface area (Å²) in [5.74, 6) is 0.610. The molecule has 0 bridgehead atoms. The molecule has 5 rings (SSSR count). The van der Waals surface area contributed by atoms with Crippen molar-refractivity contribution < 1.29 is 9.59 Å². The van der Waals surface area contributed by atoms with Crippen LogP contribution in [-0.2, 0) is 16.2 Å². The molecule has 3 aromatic carbocycles. The second kappa shape index (κ2) is 7.57. The molecule has 1 fully saturated rings. The Morgan fingerprint density at radius 3 is 2.29 bits per heavy atom. The van der Waals surface area contributed by atoms with Gasteiger partial charge in [-0.05, 0) is 37.6 Å². The fourth-order valence-corrected chi connectivity index (χ4v) is 5.91. The van der Waals surface area contributed by atoms with Crippen LogP contribution in [0, 0.1) is 13.8 Å². The second-order valence-electron chi connectivity index (χ2n) is 8.21. The van der Waals surface area contributed by atoms with E-state index in [0.717, 1.165) is 28.1 Å². The van der Waals surface area contributed by atoms with E-state index < -0.39 is 4.87 Å². The van der Waals surface area contributed by atoms with Crippen molar-refractivity contribution in [3.63, 3.8) is 0 Å². The molecule has 0 radical (unpaired) electrons. The van der Waals surface area contributed by atoms with Crippen molar-refractivity contribution in [3.8, 4) is 0 Å². The lowest BCUT2D eigenvalue weighted by atomic mass is 10.0. The third kappa shape index (κ3) is 3.15. The number of thioether (sulfide) groups is 1. The molecule has 0 saturated carbocycles. The number of rotatable bonds is 3. The molecule has 2 heterocycles. The largest absolute Gasteiger partial charge is 0.311 e. The number of benzene rings is 3. The summed E-state index contributed by atoms with van der Waals surface area (Å²) in [6, 6.07) is 23.7. The van der Waals surface area contributed by atoms with Crippen molar-refractivity contribution in [1.82, 2.24) is 4.90 Å². The van der Waals surface area contributed by atoms with E-state index in [0.29, 0.717) is 18.7 Å². The Labute approximate surface area is 186 Å². The van der Waals surface area contributed by atoms with Crippen LogP contribution in [-0.4, -0.2) is 29.0 Å². The maximum atomic E-state index is 14.0. The highest BCUT2D eigenvalue weighted by Gasteiger charge is 2.59. The highest BCUT2D eigenvalue weighted by atomic mass is 32.2. The van der Waals surface area contributed by atoms with Gasteiger partial charge >= 0.3 is 0 Å². The highest BCUT2D eigenvalue weighted by Crippen LogP contribution is 2.54. The van der Waals surface area contributed by atoms with Crippen LogP contribution in [0.1, 0.15) is 32.6 Å². The lowest BCUT2D eigenvalue weighted by Gasteiger charge is -2.33. The zero-order valence-electron chi connectivity index (χ0n) is 17.7. The van der Waals surface area contributed by atoms with Gasteiger partial charge in [0.15, 0.2) is 4.87 Å². The van der Waals surface area contributed by atoms with E-state index in [1.165, 1.54) is 5.56 Å². The SMILES string of the molecule is Cc1ccc(CN2C(=O)[C@]3(SCCN3C(=O)c3ccc(C)cc3)c3ccccc32)cc1. The molecule has 2 amide bonds. The molecule has 2 aliphatic rings. The number of para-hydroxylation sites is 1. The summed E-state index contributed by atoms with van der Waals surface area (Å²) < 4.78 is 0. The van der Waals surface area contributed by atoms with E-state index in [2.05, 4.69) is 31.2 Å². The van der Waals surface area contributed by atoms with Crippen LogP contribution in [0.4, 0.5) is 5.69 Å². The minimum Gasteiger partial charge on any atom is -0.311 e. The molecule has 5 heteroatoms. The molecule has 0 aliphatic carbocycles. The first-order valence-corrected chi connectivity index (χ1v) is 11.5. The number of carbonyl (C=O) groups excluding carboxylic acids is 2. The van der Waals surface area contributed by atoms with Crippen molar-refractivity contribution in [2.45, 2.75) is 25.3 Å². The van der Waals surface area contributed by atoms with Gasteiger partial charge in [-0.3, -0.25) is 9.59 Å². The Hall–Kier alpha value is -3.05. The monoisotopic (exact) mass is 428 g/mol. The van der Waals surface area contributed by atoms with Crippen LogP contribution in [0.2, 0.25) is 0 Å². The molecule has 1 spiro atoms. The molecular formula is C26H24N2O2S. The van der Waals surface area contributed by atoms with Gasteiger partial charge in [-0.1, -0.05) is 65.7 Å². The summed E-state index contributed by atoms with van der Waals surface area (Å²) in [5, 5.41) is 0. The molecule has 31 heavy (non-hydrogen) atoms. The first-order valence-electron chi connectivity index (χ1n) is 10.5. The third-order valence-corrected chi connectivity index (χ3v) is 7.53. The summed E-state index contributed by atoms with van der Waals surface area (Å²) in [6.07, 6.45) is 0. The predicted octanol–water partition coefficient (Wildman–Crippen LogP) is 4.89. The first kappa shape index (κ1) is 19.9. The summed E-state index contributed by atoms with van der Waals surface area (Å²) in [4.78, 5) is 30.1. The maximum Gasteiger partial charge on any atom is 0.268 e. The number of nitrogens with zero attached hydrogens (tertiary/aromatic N) is 2. The molecule has 2 aliphatic heterocycles. The Bertz CT molecular complexity index is 1160. The molecule has 0 aromatic heterocycles. The molecule has 0 unspecified atom stereocenters. The van der Waals surface area contributed by atoms with Crippen LogP contribution >= 0.6 is 11.8 Å². The van der Waals surface area contributed by atoms with Gasteiger partial charge in [-0.15, -0.1) is 11.8 Å². The van der Waals surface area contributed by atoms with Crippen molar-refractivity contribution in [2.24, 2.45) is 0 Å². The fourth-order valence-electron chi connectivity index (χ4n) is 4.45. The minimum atomic E-state index is -0.997. The lowest BCUT2D eigenvalue weighted by molar-refractivity contribution is -0.123. The Morgan fingerprint density at radius 2 is 1.58 bits per heavy atom. The van der Waals surface area contributed by atoms with Crippen LogP contribution in [0.25, 0.3) is 0 Å². The van der Waals surface area contributed by atoms with Crippen molar-refractivity contribution in [2.75, 3.05) is 17.2 Å². The number of carbonyl (C=O) groups is 2. The normalized spacial score (nSPS) is 19.9. The first-order chi connectivity index (χ1) is 15.0. The average molecular weight is 429 g/mol. The summed E-state index contributed by atoms with van der Waals surface area (Å²) in [5.41, 5.74) is 5.79. The zero-order chi connectivity index (χ0) is 21.6. The van der Waals surface area contributed by atoms with E-state index in [4.69, 9.17) is 0 Å². The van der Waals surface area contributed by atoms with Crippen molar-refractivity contribution in [1.29, 1.82) is 0 Å². The summed E-state index contributed by atoms with van der Waals surface area (Å²) in [7, 11) is 0. The van der Waals surface area contributed by atoms with Crippen LogP contribution in [0.15, 0.2) is 72.8 Å². The Balaban J connectivity index is 1.56. The number of amides is 2. The average Bonchev–Trinajstić information content (AvgIpc) is 3.33. The number of fused-ring (bicyclic) bond motifs is 2. The van der Waals surface area contributed by atoms with E-state index in [9.17, 15) is 9.59 Å². The Morgan fingerprint density at radius 1 is 0.935 bits per heavy atom. The minimum absolute atomic E-state index is 0.0303. The summed E-state index contributed by atoms with van der Waals surface area (Å²) in [6.45, 7) is 5.10. The predicted molar refractivity (Wildman–Crippen MR) is 125 cm³/mol. The van der Waals surface area contributed by atoms with Gasteiger partial charge in [-0.2, -0.15) is 0 Å². The van der Waals surface area contributed by atoms with Crippen LogP contribution in [0.5, 0.6) is 0 Å². The van der Waals surface area contributed by atoms with Gasteiger partial charge in [0.25, 0.3) is 11.8 Å². The Kier molecular flexibility index (Phi) is 4.86. The molecule has 0 N–H and O–H groups in total. The van der Waals surface area contributed by atoms with Gasteiger partial charge < -0.3 is 9.80 Å².